The molecular formula is C14H22O2S2. The van der Waals surface area contributed by atoms with Crippen molar-refractivity contribution in [1.82, 2.24) is 0 Å². The summed E-state index contributed by atoms with van der Waals surface area (Å²) in [7, 11) is 0. The van der Waals surface area contributed by atoms with Gasteiger partial charge in [0.1, 0.15) is 5.78 Å². The lowest BCUT2D eigenvalue weighted by Gasteiger charge is -2.12. The summed E-state index contributed by atoms with van der Waals surface area (Å²) in [6, 6.07) is 0. The average molecular weight is 286 g/mol. The second-order valence-electron chi connectivity index (χ2n) is 5.55. The van der Waals surface area contributed by atoms with Gasteiger partial charge in [0.05, 0.1) is 0 Å². The fraction of sp³-hybridized carbons (Fsp3) is 0.857. The molecule has 2 rings (SSSR count). The summed E-state index contributed by atoms with van der Waals surface area (Å²) < 4.78 is 0. The van der Waals surface area contributed by atoms with Crippen LogP contribution >= 0.6 is 23.5 Å². The van der Waals surface area contributed by atoms with Gasteiger partial charge in [-0.05, 0) is 51.7 Å². The largest absolute Gasteiger partial charge is 0.300 e. The standard InChI is InChI=1S/C14H22O2S2/c1-9(15)10-3-6-13(7-10)18-14(16)11-4-5-12(8-11)17-2/h10-13H,3-8H2,1-2H3/t10-,11-,12-,13+/m1/s1. The van der Waals surface area contributed by atoms with E-state index in [-0.39, 0.29) is 11.8 Å². The molecule has 0 aliphatic heterocycles. The molecule has 0 N–H and O–H groups in total. The Hall–Kier alpha value is 0.0400. The summed E-state index contributed by atoms with van der Waals surface area (Å²) in [6.07, 6.45) is 8.41. The molecule has 4 heteroatoms. The molecule has 18 heavy (non-hydrogen) atoms. The zero-order valence-electron chi connectivity index (χ0n) is 11.2. The van der Waals surface area contributed by atoms with Crippen LogP contribution in [0.2, 0.25) is 0 Å². The monoisotopic (exact) mass is 286 g/mol. The highest BCUT2D eigenvalue weighted by Gasteiger charge is 2.34. The van der Waals surface area contributed by atoms with Crippen molar-refractivity contribution in [1.29, 1.82) is 0 Å². The van der Waals surface area contributed by atoms with Crippen LogP contribution in [0.3, 0.4) is 0 Å². The Morgan fingerprint density at radius 3 is 2.11 bits per heavy atom. The minimum absolute atomic E-state index is 0.220. The van der Waals surface area contributed by atoms with Gasteiger partial charge in [0, 0.05) is 22.3 Å². The molecule has 0 amide bonds. The van der Waals surface area contributed by atoms with Crippen molar-refractivity contribution in [2.24, 2.45) is 11.8 Å². The molecule has 0 spiro atoms. The van der Waals surface area contributed by atoms with Crippen LogP contribution in [-0.2, 0) is 9.59 Å². The van der Waals surface area contributed by atoms with Crippen molar-refractivity contribution in [3.63, 3.8) is 0 Å². The molecule has 0 saturated heterocycles. The lowest BCUT2D eigenvalue weighted by Crippen LogP contribution is -2.13. The Balaban J connectivity index is 1.77. The van der Waals surface area contributed by atoms with Gasteiger partial charge in [-0.2, -0.15) is 11.8 Å². The van der Waals surface area contributed by atoms with Crippen molar-refractivity contribution in [3.8, 4) is 0 Å². The Bertz CT molecular complexity index is 330. The summed E-state index contributed by atoms with van der Waals surface area (Å²) in [5.41, 5.74) is 0. The molecule has 0 unspecified atom stereocenters. The Labute approximate surface area is 118 Å². The molecule has 0 radical (unpaired) electrons. The van der Waals surface area contributed by atoms with Crippen LogP contribution in [0.1, 0.15) is 45.4 Å². The third kappa shape index (κ3) is 3.53. The quantitative estimate of drug-likeness (QED) is 0.791. The fourth-order valence-corrected chi connectivity index (χ4v) is 5.16. The third-order valence-electron chi connectivity index (χ3n) is 4.29. The Morgan fingerprint density at radius 1 is 0.944 bits per heavy atom. The summed E-state index contributed by atoms with van der Waals surface area (Å²) >= 11 is 3.43. The number of ketones is 1. The van der Waals surface area contributed by atoms with E-state index in [1.165, 1.54) is 18.2 Å². The van der Waals surface area contributed by atoms with Gasteiger partial charge < -0.3 is 0 Å². The lowest BCUT2D eigenvalue weighted by atomic mass is 10.0. The minimum Gasteiger partial charge on any atom is -0.300 e. The first-order chi connectivity index (χ1) is 8.60. The van der Waals surface area contributed by atoms with Crippen LogP contribution in [-0.4, -0.2) is 27.7 Å². The first-order valence-electron chi connectivity index (χ1n) is 6.84. The van der Waals surface area contributed by atoms with Crippen LogP contribution in [0, 0.1) is 11.8 Å². The molecule has 2 nitrogen and oxygen atoms in total. The highest BCUT2D eigenvalue weighted by molar-refractivity contribution is 8.14. The van der Waals surface area contributed by atoms with Crippen molar-refractivity contribution in [3.05, 3.63) is 0 Å². The van der Waals surface area contributed by atoms with Crippen molar-refractivity contribution >= 4 is 34.4 Å². The van der Waals surface area contributed by atoms with Gasteiger partial charge in [-0.3, -0.25) is 9.59 Å². The highest BCUT2D eigenvalue weighted by Crippen LogP contribution is 2.40. The van der Waals surface area contributed by atoms with Gasteiger partial charge in [-0.25, -0.2) is 0 Å². The average Bonchev–Trinajstić information content (AvgIpc) is 2.96. The maximum absolute atomic E-state index is 12.2. The van der Waals surface area contributed by atoms with E-state index < -0.39 is 0 Å². The fourth-order valence-electron chi connectivity index (χ4n) is 3.05. The van der Waals surface area contributed by atoms with Crippen LogP contribution in [0.5, 0.6) is 0 Å². The van der Waals surface area contributed by atoms with E-state index in [9.17, 15) is 9.59 Å². The van der Waals surface area contributed by atoms with Crippen molar-refractivity contribution < 1.29 is 9.59 Å². The van der Waals surface area contributed by atoms with E-state index in [1.807, 2.05) is 11.8 Å². The first-order valence-corrected chi connectivity index (χ1v) is 9.00. The van der Waals surface area contributed by atoms with Gasteiger partial charge in [0.25, 0.3) is 0 Å². The second-order valence-corrected chi connectivity index (χ2v) is 7.99. The zero-order chi connectivity index (χ0) is 13.1. The van der Waals surface area contributed by atoms with E-state index in [0.29, 0.717) is 21.4 Å². The van der Waals surface area contributed by atoms with E-state index in [4.69, 9.17) is 0 Å². The van der Waals surface area contributed by atoms with Gasteiger partial charge in [-0.15, -0.1) is 0 Å². The van der Waals surface area contributed by atoms with Gasteiger partial charge in [0.2, 0.25) is 0 Å². The predicted molar refractivity (Wildman–Crippen MR) is 79.1 cm³/mol. The van der Waals surface area contributed by atoms with Gasteiger partial charge in [0.15, 0.2) is 5.12 Å². The summed E-state index contributed by atoms with van der Waals surface area (Å²) in [6.45, 7) is 1.68. The Kier molecular flexibility index (Phi) is 5.19. The SMILES string of the molecule is CS[C@@H]1CC[C@@H](C(=O)S[C@H]2CC[C@@H](C(C)=O)C2)C1. The van der Waals surface area contributed by atoms with Crippen LogP contribution in [0.15, 0.2) is 0 Å². The first kappa shape index (κ1) is 14.4. The van der Waals surface area contributed by atoms with E-state index in [2.05, 4.69) is 6.26 Å². The number of hydrogen-bond acceptors (Lipinski definition) is 4. The molecule has 0 aromatic rings. The molecule has 2 fully saturated rings. The van der Waals surface area contributed by atoms with E-state index in [1.54, 1.807) is 6.92 Å². The number of carbonyl (C=O) groups is 2. The summed E-state index contributed by atoms with van der Waals surface area (Å²) in [4.78, 5) is 23.5. The lowest BCUT2D eigenvalue weighted by molar-refractivity contribution is -0.120. The van der Waals surface area contributed by atoms with Crippen LogP contribution in [0.25, 0.3) is 0 Å². The number of Topliss-reactive ketones (excluding diaryl/α,β-unsaturated/α-hetero) is 1. The van der Waals surface area contributed by atoms with Gasteiger partial charge in [-0.1, -0.05) is 11.8 Å². The molecule has 2 saturated carbocycles. The third-order valence-corrected chi connectivity index (χ3v) is 6.72. The van der Waals surface area contributed by atoms with Crippen molar-refractivity contribution in [2.45, 2.75) is 55.9 Å². The molecule has 2 aliphatic rings. The predicted octanol–water partition coefficient (Wildman–Crippen LogP) is 3.54. The van der Waals surface area contributed by atoms with Crippen molar-refractivity contribution in [2.75, 3.05) is 6.26 Å². The Morgan fingerprint density at radius 2 is 1.56 bits per heavy atom. The molecule has 0 bridgehead atoms. The smallest absolute Gasteiger partial charge is 0.192 e. The number of hydrogen-bond donors (Lipinski definition) is 0. The summed E-state index contributed by atoms with van der Waals surface area (Å²) in [5, 5.41) is 1.48. The minimum atomic E-state index is 0.220. The molecule has 4 atom stereocenters. The number of carbonyl (C=O) groups excluding carboxylic acids is 2. The van der Waals surface area contributed by atoms with Gasteiger partial charge >= 0.3 is 0 Å². The van der Waals surface area contributed by atoms with E-state index in [0.717, 1.165) is 32.1 Å². The highest BCUT2D eigenvalue weighted by atomic mass is 32.2. The normalized spacial score (nSPS) is 35.9. The zero-order valence-corrected chi connectivity index (χ0v) is 12.8. The maximum Gasteiger partial charge on any atom is 0.192 e. The second kappa shape index (κ2) is 6.47. The maximum atomic E-state index is 12.2. The number of rotatable bonds is 4. The molecular weight excluding hydrogens is 264 g/mol. The van der Waals surface area contributed by atoms with E-state index >= 15 is 0 Å². The molecule has 2 aliphatic carbocycles. The number of thioether (sulfide) groups is 2. The summed E-state index contributed by atoms with van der Waals surface area (Å²) in [5.74, 6) is 0.801. The molecule has 0 aromatic heterocycles. The molecule has 0 aromatic carbocycles. The van der Waals surface area contributed by atoms with Crippen LogP contribution < -0.4 is 0 Å². The molecule has 102 valence electrons. The topological polar surface area (TPSA) is 34.1 Å². The van der Waals surface area contributed by atoms with Crippen LogP contribution in [0.4, 0.5) is 0 Å². The molecule has 0 heterocycles.